The minimum atomic E-state index is -0.374. The number of carbonyl (C=O) groups is 1. The molecule has 0 bridgehead atoms. The van der Waals surface area contributed by atoms with Gasteiger partial charge in [-0.1, -0.05) is 48.0 Å². The van der Waals surface area contributed by atoms with Crippen molar-refractivity contribution >= 4 is 23.3 Å². The summed E-state index contributed by atoms with van der Waals surface area (Å²) in [7, 11) is 0. The Morgan fingerprint density at radius 2 is 2.00 bits per heavy atom. The van der Waals surface area contributed by atoms with Crippen LogP contribution in [0.1, 0.15) is 13.8 Å². The molecule has 4 heteroatoms. The van der Waals surface area contributed by atoms with Crippen LogP contribution in [-0.4, -0.2) is 6.03 Å². The van der Waals surface area contributed by atoms with Gasteiger partial charge in [-0.05, 0) is 32.1 Å². The van der Waals surface area contributed by atoms with Gasteiger partial charge in [-0.3, -0.25) is 0 Å². The molecule has 0 spiro atoms. The molecule has 0 heterocycles. The molecule has 0 atom stereocenters. The van der Waals surface area contributed by atoms with Crippen molar-refractivity contribution in [3.8, 4) is 0 Å². The van der Waals surface area contributed by atoms with Crippen molar-refractivity contribution < 1.29 is 4.79 Å². The smallest absolute Gasteiger partial charge is 0.308 e. The number of hydrogen-bond donors (Lipinski definition) is 2. The van der Waals surface area contributed by atoms with E-state index in [0.29, 0.717) is 16.4 Å². The topological polar surface area (TPSA) is 41.1 Å². The van der Waals surface area contributed by atoms with Crippen LogP contribution in [0.3, 0.4) is 0 Å². The van der Waals surface area contributed by atoms with E-state index in [4.69, 9.17) is 11.6 Å². The average molecular weight is 277 g/mol. The van der Waals surface area contributed by atoms with Crippen LogP contribution in [0.5, 0.6) is 0 Å². The number of carbonyl (C=O) groups excluding carboxylic acids is 1. The Morgan fingerprint density at radius 3 is 2.63 bits per heavy atom. The third kappa shape index (κ3) is 5.44. The van der Waals surface area contributed by atoms with Crippen molar-refractivity contribution in [1.82, 2.24) is 5.32 Å². The molecule has 0 unspecified atom stereocenters. The van der Waals surface area contributed by atoms with Crippen LogP contribution >= 0.6 is 11.6 Å². The zero-order valence-electron chi connectivity index (χ0n) is 11.0. The minimum absolute atomic E-state index is 0.374. The normalized spacial score (nSPS) is 11.4. The van der Waals surface area contributed by atoms with Crippen molar-refractivity contribution in [3.63, 3.8) is 0 Å². The third-order valence-corrected chi connectivity index (χ3v) is 2.73. The molecule has 0 saturated carbocycles. The molecule has 100 valence electrons. The summed E-state index contributed by atoms with van der Waals surface area (Å²) in [5.74, 6) is 0. The molecule has 2 N–H and O–H groups in total. The predicted molar refractivity (Wildman–Crippen MR) is 81.3 cm³/mol. The summed E-state index contributed by atoms with van der Waals surface area (Å²) in [5.41, 5.74) is 2.16. The number of urea groups is 1. The lowest BCUT2D eigenvalue weighted by Crippen LogP contribution is -2.27. The fourth-order valence-corrected chi connectivity index (χ4v) is 1.41. The molecule has 1 aromatic carbocycles. The Kier molecular flexibility index (Phi) is 5.90. The first-order valence-corrected chi connectivity index (χ1v) is 6.23. The summed E-state index contributed by atoms with van der Waals surface area (Å²) in [6, 6.07) is 6.66. The zero-order chi connectivity index (χ0) is 14.3. The largest absolute Gasteiger partial charge is 0.323 e. The number of hydrogen-bond acceptors (Lipinski definition) is 1. The summed E-state index contributed by atoms with van der Waals surface area (Å²) >= 11 is 5.94. The second-order valence-electron chi connectivity index (χ2n) is 3.95. The summed E-state index contributed by atoms with van der Waals surface area (Å²) < 4.78 is 0. The number of benzene rings is 1. The maximum Gasteiger partial charge on any atom is 0.323 e. The van der Waals surface area contributed by atoms with E-state index in [0.717, 1.165) is 5.57 Å². The van der Waals surface area contributed by atoms with Crippen LogP contribution in [0.2, 0.25) is 5.02 Å². The molecule has 0 aliphatic carbocycles. The Morgan fingerprint density at radius 1 is 1.32 bits per heavy atom. The third-order valence-electron chi connectivity index (χ3n) is 2.40. The maximum atomic E-state index is 11.7. The minimum Gasteiger partial charge on any atom is -0.308 e. The monoisotopic (exact) mass is 276 g/mol. The number of anilines is 1. The number of halogens is 1. The first kappa shape index (κ1) is 15.1. The lowest BCUT2D eigenvalue weighted by molar-refractivity contribution is 0.254. The SMILES string of the molecule is C=C(/C=C\C(C)=C/C)NC(=O)Nc1ccccc1Cl. The van der Waals surface area contributed by atoms with Gasteiger partial charge in [0.05, 0.1) is 10.7 Å². The standard InChI is InChI=1S/C15H17ClN2O/c1-4-11(2)9-10-12(3)17-15(19)18-14-8-6-5-7-13(14)16/h4-10H,3H2,1-2H3,(H2,17,18,19)/b10-9-,11-4-. The first-order valence-electron chi connectivity index (χ1n) is 5.85. The van der Waals surface area contributed by atoms with Gasteiger partial charge in [0.15, 0.2) is 0 Å². The van der Waals surface area contributed by atoms with E-state index < -0.39 is 0 Å². The maximum absolute atomic E-state index is 11.7. The molecular weight excluding hydrogens is 260 g/mol. The molecule has 1 aromatic rings. The van der Waals surface area contributed by atoms with E-state index in [-0.39, 0.29) is 6.03 Å². The fourth-order valence-electron chi connectivity index (χ4n) is 1.23. The lowest BCUT2D eigenvalue weighted by atomic mass is 10.2. The highest BCUT2D eigenvalue weighted by molar-refractivity contribution is 6.33. The van der Waals surface area contributed by atoms with Gasteiger partial charge in [0.1, 0.15) is 0 Å². The van der Waals surface area contributed by atoms with Gasteiger partial charge in [0, 0.05) is 5.70 Å². The Bertz CT molecular complexity index is 533. The van der Waals surface area contributed by atoms with E-state index in [1.54, 1.807) is 30.3 Å². The van der Waals surface area contributed by atoms with Crippen molar-refractivity contribution in [2.75, 3.05) is 5.32 Å². The van der Waals surface area contributed by atoms with Crippen LogP contribution in [-0.2, 0) is 0 Å². The Labute approximate surface area is 118 Å². The van der Waals surface area contributed by atoms with E-state index in [1.165, 1.54) is 0 Å². The molecule has 0 fully saturated rings. The summed E-state index contributed by atoms with van der Waals surface area (Å²) in [6.07, 6.45) is 5.58. The second kappa shape index (κ2) is 7.44. The fraction of sp³-hybridized carbons (Fsp3) is 0.133. The summed E-state index contributed by atoms with van der Waals surface area (Å²) in [4.78, 5) is 11.7. The van der Waals surface area contributed by atoms with Gasteiger partial charge in [0.25, 0.3) is 0 Å². The Hall–Kier alpha value is -2.00. The van der Waals surface area contributed by atoms with Gasteiger partial charge in [0.2, 0.25) is 0 Å². The van der Waals surface area contributed by atoms with Crippen molar-refractivity contribution in [2.45, 2.75) is 13.8 Å². The molecule has 0 aliphatic rings. The van der Waals surface area contributed by atoms with E-state index >= 15 is 0 Å². The molecular formula is C15H17ClN2O. The van der Waals surface area contributed by atoms with Crippen LogP contribution in [0.25, 0.3) is 0 Å². The van der Waals surface area contributed by atoms with E-state index in [9.17, 15) is 4.79 Å². The van der Waals surface area contributed by atoms with Crippen LogP contribution < -0.4 is 10.6 Å². The molecule has 0 radical (unpaired) electrons. The Balaban J connectivity index is 2.55. The van der Waals surface area contributed by atoms with Gasteiger partial charge < -0.3 is 10.6 Å². The van der Waals surface area contributed by atoms with E-state index in [1.807, 2.05) is 26.0 Å². The van der Waals surface area contributed by atoms with Crippen molar-refractivity contribution in [1.29, 1.82) is 0 Å². The first-order chi connectivity index (χ1) is 9.02. The molecule has 0 aliphatic heterocycles. The van der Waals surface area contributed by atoms with Crippen molar-refractivity contribution in [2.24, 2.45) is 0 Å². The molecule has 19 heavy (non-hydrogen) atoms. The summed E-state index contributed by atoms with van der Waals surface area (Å²) in [6.45, 7) is 7.66. The number of rotatable bonds is 4. The number of amides is 2. The highest BCUT2D eigenvalue weighted by atomic mass is 35.5. The highest BCUT2D eigenvalue weighted by Gasteiger charge is 2.04. The van der Waals surface area contributed by atoms with Gasteiger partial charge in [-0.15, -0.1) is 0 Å². The molecule has 1 rings (SSSR count). The van der Waals surface area contributed by atoms with Gasteiger partial charge >= 0.3 is 6.03 Å². The van der Waals surface area contributed by atoms with Crippen LogP contribution in [0.4, 0.5) is 10.5 Å². The van der Waals surface area contributed by atoms with Gasteiger partial charge in [-0.25, -0.2) is 4.79 Å². The second-order valence-corrected chi connectivity index (χ2v) is 4.36. The lowest BCUT2D eigenvalue weighted by Gasteiger charge is -2.08. The quantitative estimate of drug-likeness (QED) is 0.781. The molecule has 0 aromatic heterocycles. The molecule has 2 amide bonds. The number of allylic oxidation sites excluding steroid dienone is 4. The molecule has 3 nitrogen and oxygen atoms in total. The number of para-hydroxylation sites is 1. The highest BCUT2D eigenvalue weighted by Crippen LogP contribution is 2.20. The van der Waals surface area contributed by atoms with E-state index in [2.05, 4.69) is 17.2 Å². The van der Waals surface area contributed by atoms with Crippen molar-refractivity contribution in [3.05, 3.63) is 65.4 Å². The number of nitrogens with one attached hydrogen (secondary N) is 2. The van der Waals surface area contributed by atoms with Gasteiger partial charge in [-0.2, -0.15) is 0 Å². The summed E-state index contributed by atoms with van der Waals surface area (Å²) in [5, 5.41) is 5.76. The zero-order valence-corrected chi connectivity index (χ0v) is 11.8. The van der Waals surface area contributed by atoms with Crippen LogP contribution in [0, 0.1) is 0 Å². The average Bonchev–Trinajstić information content (AvgIpc) is 2.38. The molecule has 0 saturated heterocycles. The van der Waals surface area contributed by atoms with Crippen LogP contribution in [0.15, 0.2) is 60.3 Å². The predicted octanol–water partition coefficient (Wildman–Crippen LogP) is 4.50.